The van der Waals surface area contributed by atoms with E-state index in [1.807, 2.05) is 30.3 Å². The van der Waals surface area contributed by atoms with Crippen molar-refractivity contribution in [3.63, 3.8) is 0 Å². The molecular formula is C21H23ClN4O5S. The number of nitrogens with two attached hydrogens (primary N) is 1. The summed E-state index contributed by atoms with van der Waals surface area (Å²) in [4.78, 5) is 14.8. The Morgan fingerprint density at radius 1 is 1.34 bits per heavy atom. The van der Waals surface area contributed by atoms with E-state index in [1.165, 1.54) is 10.4 Å². The van der Waals surface area contributed by atoms with E-state index in [0.29, 0.717) is 27.4 Å². The Kier molecular flexibility index (Phi) is 6.29. The summed E-state index contributed by atoms with van der Waals surface area (Å²) in [6, 6.07) is 12.3. The molecule has 1 amide bonds. The van der Waals surface area contributed by atoms with Crippen LogP contribution in [0.5, 0.6) is 5.75 Å². The minimum Gasteiger partial charge on any atom is -0.491 e. The lowest BCUT2D eigenvalue weighted by Gasteiger charge is -2.32. The van der Waals surface area contributed by atoms with E-state index in [0.717, 1.165) is 0 Å². The van der Waals surface area contributed by atoms with Crippen molar-refractivity contribution in [1.82, 2.24) is 9.29 Å². The third kappa shape index (κ3) is 4.26. The summed E-state index contributed by atoms with van der Waals surface area (Å²) in [5, 5.41) is 3.56. The maximum Gasteiger partial charge on any atom is 0.266 e. The molecule has 0 aliphatic carbocycles. The molecule has 2 heterocycles. The molecule has 1 aliphatic rings. The molecular weight excluding hydrogens is 456 g/mol. The predicted octanol–water partition coefficient (Wildman–Crippen LogP) is 2.43. The molecule has 0 saturated carbocycles. The van der Waals surface area contributed by atoms with Crippen LogP contribution in [0, 0.1) is 0 Å². The van der Waals surface area contributed by atoms with Crippen LogP contribution in [0.25, 0.3) is 10.9 Å². The molecule has 1 saturated heterocycles. The lowest BCUT2D eigenvalue weighted by Crippen LogP contribution is -2.47. The monoisotopic (exact) mass is 478 g/mol. The summed E-state index contributed by atoms with van der Waals surface area (Å²) in [5.41, 5.74) is 6.31. The van der Waals surface area contributed by atoms with Gasteiger partial charge in [0, 0.05) is 30.5 Å². The standard InChI is InChI=1S/C21H23ClN4O5S/c1-24-17-10-13(22)9-16-18(17)25-19(21(23)27)20(16)32(28,29)26-7-8-30-15(11-26)12-31-14-5-3-2-4-6-14/h2-6,9-10,15,24-25H,7-8,11-12H2,1H3,(H2,23,27). The highest BCUT2D eigenvalue weighted by molar-refractivity contribution is 7.89. The normalized spacial score (nSPS) is 17.4. The first-order valence-electron chi connectivity index (χ1n) is 9.93. The molecule has 4 N–H and O–H groups in total. The summed E-state index contributed by atoms with van der Waals surface area (Å²) < 4.78 is 40.0. The largest absolute Gasteiger partial charge is 0.491 e. The first-order chi connectivity index (χ1) is 15.3. The zero-order chi connectivity index (χ0) is 22.9. The van der Waals surface area contributed by atoms with Crippen LogP contribution in [0.15, 0.2) is 47.4 Å². The number of aromatic nitrogens is 1. The lowest BCUT2D eigenvalue weighted by molar-refractivity contribution is -0.0249. The number of ether oxygens (including phenoxy) is 2. The van der Waals surface area contributed by atoms with Crippen molar-refractivity contribution in [2.75, 3.05) is 38.7 Å². The second-order valence-electron chi connectivity index (χ2n) is 7.30. The van der Waals surface area contributed by atoms with Crippen molar-refractivity contribution in [1.29, 1.82) is 0 Å². The smallest absolute Gasteiger partial charge is 0.266 e. The van der Waals surface area contributed by atoms with Crippen molar-refractivity contribution < 1.29 is 22.7 Å². The zero-order valence-electron chi connectivity index (χ0n) is 17.3. The maximum absolute atomic E-state index is 13.7. The number of nitrogens with one attached hydrogen (secondary N) is 2. The van der Waals surface area contributed by atoms with Crippen molar-refractivity contribution in [2.45, 2.75) is 11.0 Å². The molecule has 1 aromatic heterocycles. The maximum atomic E-state index is 13.7. The number of benzene rings is 2. The molecule has 2 aromatic carbocycles. The molecule has 1 fully saturated rings. The fourth-order valence-electron chi connectivity index (χ4n) is 3.72. The van der Waals surface area contributed by atoms with Crippen LogP contribution in [0.3, 0.4) is 0 Å². The number of morpholine rings is 1. The van der Waals surface area contributed by atoms with Gasteiger partial charge in [0.05, 0.1) is 17.8 Å². The Hall–Kier alpha value is -2.79. The number of nitrogens with zero attached hydrogens (tertiary/aromatic N) is 1. The fourth-order valence-corrected chi connectivity index (χ4v) is 5.72. The van der Waals surface area contributed by atoms with Crippen LogP contribution in [0.2, 0.25) is 5.02 Å². The van der Waals surface area contributed by atoms with Crippen molar-refractivity contribution >= 4 is 44.1 Å². The highest BCUT2D eigenvalue weighted by Crippen LogP contribution is 2.36. The van der Waals surface area contributed by atoms with Gasteiger partial charge in [0.25, 0.3) is 5.91 Å². The molecule has 11 heteroatoms. The number of rotatable bonds is 7. The minimum absolute atomic E-state index is 0.0689. The van der Waals surface area contributed by atoms with Gasteiger partial charge < -0.3 is 25.5 Å². The number of halogens is 1. The Morgan fingerprint density at radius 2 is 2.09 bits per heavy atom. The average molecular weight is 479 g/mol. The molecule has 9 nitrogen and oxygen atoms in total. The number of sulfonamides is 1. The van der Waals surface area contributed by atoms with E-state index in [4.69, 9.17) is 26.8 Å². The molecule has 170 valence electrons. The van der Waals surface area contributed by atoms with Crippen LogP contribution in [-0.2, 0) is 14.8 Å². The van der Waals surface area contributed by atoms with Gasteiger partial charge in [-0.3, -0.25) is 4.79 Å². The summed E-state index contributed by atoms with van der Waals surface area (Å²) >= 11 is 6.21. The van der Waals surface area contributed by atoms with Gasteiger partial charge in [-0.25, -0.2) is 8.42 Å². The fraction of sp³-hybridized carbons (Fsp3) is 0.286. The van der Waals surface area contributed by atoms with Gasteiger partial charge in [-0.05, 0) is 24.3 Å². The minimum atomic E-state index is -4.10. The molecule has 0 radical (unpaired) electrons. The number of primary amides is 1. The number of amides is 1. The number of hydrogen-bond donors (Lipinski definition) is 3. The average Bonchev–Trinajstić information content (AvgIpc) is 3.18. The highest BCUT2D eigenvalue weighted by Gasteiger charge is 2.36. The Bertz CT molecular complexity index is 1250. The number of fused-ring (bicyclic) bond motifs is 1. The van der Waals surface area contributed by atoms with Crippen LogP contribution in [0.1, 0.15) is 10.5 Å². The van der Waals surface area contributed by atoms with Crippen molar-refractivity contribution in [3.05, 3.63) is 53.2 Å². The second kappa shape index (κ2) is 8.99. The van der Waals surface area contributed by atoms with E-state index in [1.54, 1.807) is 13.1 Å². The Morgan fingerprint density at radius 3 is 2.78 bits per heavy atom. The van der Waals surface area contributed by atoms with Gasteiger partial charge in [-0.1, -0.05) is 29.8 Å². The molecule has 3 aromatic rings. The second-order valence-corrected chi connectivity index (χ2v) is 9.61. The number of para-hydroxylation sites is 1. The van der Waals surface area contributed by atoms with Crippen LogP contribution >= 0.6 is 11.6 Å². The third-order valence-electron chi connectivity index (χ3n) is 5.22. The number of H-pyrrole nitrogens is 1. The van der Waals surface area contributed by atoms with Gasteiger partial charge in [0.2, 0.25) is 10.0 Å². The Balaban J connectivity index is 1.67. The molecule has 1 atom stereocenters. The van der Waals surface area contributed by atoms with Gasteiger partial charge in [-0.2, -0.15) is 4.31 Å². The van der Waals surface area contributed by atoms with Gasteiger partial charge in [-0.15, -0.1) is 0 Å². The first kappa shape index (κ1) is 22.4. The zero-order valence-corrected chi connectivity index (χ0v) is 18.9. The molecule has 1 aliphatic heterocycles. The van der Waals surface area contributed by atoms with Gasteiger partial charge in [0.1, 0.15) is 29.0 Å². The lowest BCUT2D eigenvalue weighted by atomic mass is 10.2. The summed E-state index contributed by atoms with van der Waals surface area (Å²) in [6.07, 6.45) is -0.475. The van der Waals surface area contributed by atoms with Crippen LogP contribution < -0.4 is 15.8 Å². The van der Waals surface area contributed by atoms with E-state index in [2.05, 4.69) is 10.3 Å². The van der Waals surface area contributed by atoms with E-state index < -0.39 is 22.0 Å². The molecule has 1 unspecified atom stereocenters. The number of anilines is 1. The number of carbonyl (C=O) groups is 1. The van der Waals surface area contributed by atoms with E-state index in [-0.39, 0.29) is 36.9 Å². The highest BCUT2D eigenvalue weighted by atomic mass is 35.5. The molecule has 32 heavy (non-hydrogen) atoms. The summed E-state index contributed by atoms with van der Waals surface area (Å²) in [5.74, 6) is -0.215. The topological polar surface area (TPSA) is 127 Å². The van der Waals surface area contributed by atoms with Crippen LogP contribution in [-0.4, -0.2) is 63.1 Å². The van der Waals surface area contributed by atoms with Crippen LogP contribution in [0.4, 0.5) is 5.69 Å². The van der Waals surface area contributed by atoms with Gasteiger partial charge in [0.15, 0.2) is 0 Å². The SMILES string of the molecule is CNc1cc(Cl)cc2c(S(=O)(=O)N3CCOC(COc4ccccc4)C3)c(C(N)=O)[nH]c12. The van der Waals surface area contributed by atoms with E-state index >= 15 is 0 Å². The molecule has 0 bridgehead atoms. The summed E-state index contributed by atoms with van der Waals surface area (Å²) in [6.45, 7) is 0.579. The third-order valence-corrected chi connectivity index (χ3v) is 7.39. The quantitative estimate of drug-likeness (QED) is 0.478. The van der Waals surface area contributed by atoms with Crippen molar-refractivity contribution in [3.8, 4) is 5.75 Å². The van der Waals surface area contributed by atoms with Crippen molar-refractivity contribution in [2.24, 2.45) is 5.73 Å². The Labute approximate surface area is 190 Å². The van der Waals surface area contributed by atoms with E-state index in [9.17, 15) is 13.2 Å². The predicted molar refractivity (Wildman–Crippen MR) is 122 cm³/mol. The number of hydrogen-bond acceptors (Lipinski definition) is 6. The molecule has 4 rings (SSSR count). The number of aromatic amines is 1. The van der Waals surface area contributed by atoms with Gasteiger partial charge >= 0.3 is 0 Å². The summed E-state index contributed by atoms with van der Waals surface area (Å²) in [7, 11) is -2.43. The number of carbonyl (C=O) groups excluding carboxylic acids is 1. The molecule has 0 spiro atoms. The first-order valence-corrected chi connectivity index (χ1v) is 11.8.